The molecule has 1 saturated heterocycles. The van der Waals surface area contributed by atoms with Crippen LogP contribution in [0.1, 0.15) is 68.3 Å². The van der Waals surface area contributed by atoms with E-state index >= 15 is 0 Å². The Bertz CT molecular complexity index is 1020. The maximum absolute atomic E-state index is 12.8. The topological polar surface area (TPSA) is 50.2 Å². The normalized spacial score (nSPS) is 14.8. The predicted molar refractivity (Wildman–Crippen MR) is 132 cm³/mol. The number of unbranched alkanes of at least 4 members (excludes halogenated alkanes) is 2. The van der Waals surface area contributed by atoms with Crippen LogP contribution in [-0.4, -0.2) is 34.6 Å². The Kier molecular flexibility index (Phi) is 7.46. The number of hydrogen-bond donors (Lipinski definition) is 1. The van der Waals surface area contributed by atoms with Crippen LogP contribution in [0, 0.1) is 0 Å². The number of carbonyl (C=O) groups is 1. The van der Waals surface area contributed by atoms with E-state index in [4.69, 9.17) is 4.98 Å². The zero-order valence-electron chi connectivity index (χ0n) is 19.5. The summed E-state index contributed by atoms with van der Waals surface area (Å²) < 4.78 is 2.34. The summed E-state index contributed by atoms with van der Waals surface area (Å²) in [6, 6.07) is 16.7. The Morgan fingerprint density at radius 1 is 1.00 bits per heavy atom. The number of anilines is 1. The van der Waals surface area contributed by atoms with Gasteiger partial charge in [0.15, 0.2) is 0 Å². The van der Waals surface area contributed by atoms with Gasteiger partial charge in [-0.2, -0.15) is 0 Å². The standard InChI is InChI=1S/C27H36N4O/c1-3-5-6-9-21-12-14-22(15-13-21)26(32)28-23-16-19-30(20-17-23)27-29-24-10-7-8-11-25(24)31(27)18-4-2/h7-8,10-15,23H,3-6,9,16-20H2,1-2H3,(H,28,32). The number of nitrogens with one attached hydrogen (secondary N) is 1. The Morgan fingerprint density at radius 3 is 2.47 bits per heavy atom. The van der Waals surface area contributed by atoms with E-state index in [9.17, 15) is 4.79 Å². The molecule has 5 nitrogen and oxygen atoms in total. The molecule has 0 saturated carbocycles. The molecule has 1 aliphatic heterocycles. The number of hydrogen-bond acceptors (Lipinski definition) is 3. The van der Waals surface area contributed by atoms with Crippen molar-refractivity contribution < 1.29 is 4.79 Å². The molecule has 2 aromatic carbocycles. The third-order valence-corrected chi connectivity index (χ3v) is 6.48. The number of imidazole rings is 1. The summed E-state index contributed by atoms with van der Waals surface area (Å²) in [6.45, 7) is 7.22. The van der Waals surface area contributed by atoms with Crippen LogP contribution >= 0.6 is 0 Å². The summed E-state index contributed by atoms with van der Waals surface area (Å²) in [6.07, 6.45) is 7.76. The second-order valence-electron chi connectivity index (χ2n) is 8.94. The smallest absolute Gasteiger partial charge is 0.251 e. The maximum atomic E-state index is 12.8. The number of amides is 1. The first-order valence-corrected chi connectivity index (χ1v) is 12.3. The number of benzene rings is 2. The van der Waals surface area contributed by atoms with Gasteiger partial charge < -0.3 is 14.8 Å². The fraction of sp³-hybridized carbons (Fsp3) is 0.481. The van der Waals surface area contributed by atoms with Crippen molar-refractivity contribution in [2.75, 3.05) is 18.0 Å². The van der Waals surface area contributed by atoms with Gasteiger partial charge in [0.1, 0.15) is 0 Å². The van der Waals surface area contributed by atoms with Gasteiger partial charge >= 0.3 is 0 Å². The van der Waals surface area contributed by atoms with Gasteiger partial charge in [0, 0.05) is 31.2 Å². The summed E-state index contributed by atoms with van der Waals surface area (Å²) in [5.41, 5.74) is 4.34. The lowest BCUT2D eigenvalue weighted by molar-refractivity contribution is 0.0931. The number of aromatic nitrogens is 2. The summed E-state index contributed by atoms with van der Waals surface area (Å²) in [7, 11) is 0. The van der Waals surface area contributed by atoms with E-state index in [-0.39, 0.29) is 11.9 Å². The minimum absolute atomic E-state index is 0.0433. The highest BCUT2D eigenvalue weighted by Crippen LogP contribution is 2.26. The van der Waals surface area contributed by atoms with Gasteiger partial charge in [-0.3, -0.25) is 4.79 Å². The van der Waals surface area contributed by atoms with Crippen LogP contribution in [0.25, 0.3) is 11.0 Å². The van der Waals surface area contributed by atoms with Crippen molar-refractivity contribution in [1.82, 2.24) is 14.9 Å². The Morgan fingerprint density at radius 2 is 1.75 bits per heavy atom. The summed E-state index contributed by atoms with van der Waals surface area (Å²) >= 11 is 0. The molecule has 3 aromatic rings. The summed E-state index contributed by atoms with van der Waals surface area (Å²) in [5, 5.41) is 3.25. The number of carbonyl (C=O) groups excluding carboxylic acids is 1. The maximum Gasteiger partial charge on any atom is 0.251 e. The van der Waals surface area contributed by atoms with Gasteiger partial charge in [0.2, 0.25) is 5.95 Å². The van der Waals surface area contributed by atoms with E-state index in [0.29, 0.717) is 0 Å². The molecule has 32 heavy (non-hydrogen) atoms. The average molecular weight is 433 g/mol. The number of fused-ring (bicyclic) bond motifs is 1. The van der Waals surface area contributed by atoms with Crippen LogP contribution in [0.2, 0.25) is 0 Å². The third kappa shape index (κ3) is 5.14. The first kappa shape index (κ1) is 22.4. The Hall–Kier alpha value is -2.82. The quantitative estimate of drug-likeness (QED) is 0.449. The lowest BCUT2D eigenvalue weighted by atomic mass is 10.0. The molecular weight excluding hydrogens is 396 g/mol. The van der Waals surface area contributed by atoms with E-state index in [2.05, 4.69) is 65.0 Å². The Balaban J connectivity index is 1.34. The van der Waals surface area contributed by atoms with Crippen LogP contribution in [0.4, 0.5) is 5.95 Å². The van der Waals surface area contributed by atoms with Crippen LogP contribution in [0.5, 0.6) is 0 Å². The average Bonchev–Trinajstić information content (AvgIpc) is 3.19. The van der Waals surface area contributed by atoms with Crippen molar-refractivity contribution in [3.8, 4) is 0 Å². The number of piperidine rings is 1. The Labute approximate surface area is 191 Å². The molecule has 4 rings (SSSR count). The third-order valence-electron chi connectivity index (χ3n) is 6.48. The van der Waals surface area contributed by atoms with Crippen molar-refractivity contribution in [2.45, 2.75) is 71.4 Å². The first-order chi connectivity index (χ1) is 15.7. The highest BCUT2D eigenvalue weighted by Gasteiger charge is 2.24. The molecule has 0 radical (unpaired) electrons. The number of para-hydroxylation sites is 2. The van der Waals surface area contributed by atoms with Gasteiger partial charge in [-0.1, -0.05) is 51.0 Å². The van der Waals surface area contributed by atoms with Gasteiger partial charge in [0.05, 0.1) is 11.0 Å². The number of rotatable bonds is 9. The van der Waals surface area contributed by atoms with Crippen LogP contribution in [0.15, 0.2) is 48.5 Å². The van der Waals surface area contributed by atoms with Gasteiger partial charge in [-0.05, 0) is 61.9 Å². The monoisotopic (exact) mass is 432 g/mol. The predicted octanol–water partition coefficient (Wildman–Crippen LogP) is 5.58. The van der Waals surface area contributed by atoms with Crippen molar-refractivity contribution >= 4 is 22.9 Å². The second-order valence-corrected chi connectivity index (χ2v) is 8.94. The molecule has 2 heterocycles. The molecule has 0 atom stereocenters. The van der Waals surface area contributed by atoms with Gasteiger partial charge in [-0.15, -0.1) is 0 Å². The van der Waals surface area contributed by atoms with Crippen molar-refractivity contribution in [3.63, 3.8) is 0 Å². The molecule has 1 aromatic heterocycles. The molecule has 170 valence electrons. The fourth-order valence-corrected chi connectivity index (χ4v) is 4.64. The minimum Gasteiger partial charge on any atom is -0.349 e. The summed E-state index contributed by atoms with van der Waals surface area (Å²) in [5.74, 6) is 1.11. The van der Waals surface area contributed by atoms with Gasteiger partial charge in [-0.25, -0.2) is 4.98 Å². The molecule has 0 unspecified atom stereocenters. The van der Waals surface area contributed by atoms with Crippen molar-refractivity contribution in [1.29, 1.82) is 0 Å². The second kappa shape index (κ2) is 10.7. The van der Waals surface area contributed by atoms with Crippen LogP contribution < -0.4 is 10.2 Å². The largest absolute Gasteiger partial charge is 0.349 e. The molecule has 1 amide bonds. The molecule has 0 aliphatic carbocycles. The zero-order chi connectivity index (χ0) is 22.3. The number of nitrogens with zero attached hydrogens (tertiary/aromatic N) is 3. The molecule has 0 bridgehead atoms. The summed E-state index contributed by atoms with van der Waals surface area (Å²) in [4.78, 5) is 20.1. The van der Waals surface area contributed by atoms with Crippen molar-refractivity contribution in [3.05, 3.63) is 59.7 Å². The van der Waals surface area contributed by atoms with E-state index < -0.39 is 0 Å². The molecule has 1 aliphatic rings. The molecule has 1 N–H and O–H groups in total. The zero-order valence-corrected chi connectivity index (χ0v) is 19.5. The molecule has 0 spiro atoms. The van der Waals surface area contributed by atoms with E-state index in [1.807, 2.05) is 12.1 Å². The van der Waals surface area contributed by atoms with Crippen LogP contribution in [0.3, 0.4) is 0 Å². The van der Waals surface area contributed by atoms with Crippen LogP contribution in [-0.2, 0) is 13.0 Å². The highest BCUT2D eigenvalue weighted by atomic mass is 16.1. The first-order valence-electron chi connectivity index (χ1n) is 12.3. The SMILES string of the molecule is CCCCCc1ccc(C(=O)NC2CCN(c3nc4ccccc4n3CCC)CC2)cc1. The molecular formula is C27H36N4O. The fourth-order valence-electron chi connectivity index (χ4n) is 4.64. The van der Waals surface area contributed by atoms with E-state index in [1.165, 1.54) is 30.3 Å². The van der Waals surface area contributed by atoms with E-state index in [1.54, 1.807) is 0 Å². The highest BCUT2D eigenvalue weighted by molar-refractivity contribution is 5.94. The minimum atomic E-state index is 0.0433. The lowest BCUT2D eigenvalue weighted by Gasteiger charge is -2.33. The van der Waals surface area contributed by atoms with Crippen molar-refractivity contribution in [2.24, 2.45) is 0 Å². The molecule has 1 fully saturated rings. The number of aryl methyl sites for hydroxylation is 2. The molecule has 5 heteroatoms. The van der Waals surface area contributed by atoms with Gasteiger partial charge in [0.25, 0.3) is 5.91 Å². The van der Waals surface area contributed by atoms with E-state index in [0.717, 1.165) is 62.3 Å². The lowest BCUT2D eigenvalue weighted by Crippen LogP contribution is -2.45.